The van der Waals surface area contributed by atoms with E-state index in [4.69, 9.17) is 0 Å². The van der Waals surface area contributed by atoms with Crippen molar-refractivity contribution in [2.45, 2.75) is 13.8 Å². The number of hydrogen-bond acceptors (Lipinski definition) is 5. The van der Waals surface area contributed by atoms with Gasteiger partial charge in [-0.1, -0.05) is 0 Å². The van der Waals surface area contributed by atoms with Crippen LogP contribution in [0.15, 0.2) is 18.5 Å². The molecule has 19 heavy (non-hydrogen) atoms. The van der Waals surface area contributed by atoms with Gasteiger partial charge in [0.15, 0.2) is 0 Å². The van der Waals surface area contributed by atoms with Crippen molar-refractivity contribution in [2.24, 2.45) is 0 Å². The molecule has 3 rings (SSSR count). The molecule has 0 aliphatic carbocycles. The van der Waals surface area contributed by atoms with Gasteiger partial charge in [0.2, 0.25) is 0 Å². The Morgan fingerprint density at radius 2 is 1.89 bits per heavy atom. The lowest BCUT2D eigenvalue weighted by Crippen LogP contribution is -2.05. The molecule has 0 aliphatic rings. The number of pyridine rings is 1. The highest BCUT2D eigenvalue weighted by Crippen LogP contribution is 2.38. The van der Waals surface area contributed by atoms with Crippen LogP contribution in [0.4, 0.5) is 5.00 Å². The maximum atomic E-state index is 4.65. The number of thiazole rings is 1. The van der Waals surface area contributed by atoms with Crippen LogP contribution in [0.3, 0.4) is 0 Å². The molecule has 0 spiro atoms. The molecule has 0 fully saturated rings. The summed E-state index contributed by atoms with van der Waals surface area (Å²) < 4.78 is 1.21. The summed E-state index contributed by atoms with van der Waals surface area (Å²) in [5.74, 6) is 0. The predicted molar refractivity (Wildman–Crippen MR) is 84.5 cm³/mol. The van der Waals surface area contributed by atoms with Crippen LogP contribution in [-0.2, 0) is 0 Å². The van der Waals surface area contributed by atoms with Gasteiger partial charge < -0.3 is 4.90 Å². The molecule has 0 bridgehead atoms. The van der Waals surface area contributed by atoms with Crippen molar-refractivity contribution in [3.63, 3.8) is 0 Å². The van der Waals surface area contributed by atoms with Crippen molar-refractivity contribution in [2.75, 3.05) is 19.0 Å². The van der Waals surface area contributed by atoms with Crippen LogP contribution in [0.5, 0.6) is 0 Å². The van der Waals surface area contributed by atoms with E-state index >= 15 is 0 Å². The highest BCUT2D eigenvalue weighted by Gasteiger charge is 2.13. The van der Waals surface area contributed by atoms with Crippen molar-refractivity contribution in [3.8, 4) is 10.6 Å². The fourth-order valence-electron chi connectivity index (χ4n) is 1.93. The Morgan fingerprint density at radius 3 is 2.53 bits per heavy atom. The summed E-state index contributed by atoms with van der Waals surface area (Å²) in [4.78, 5) is 12.4. The van der Waals surface area contributed by atoms with Crippen LogP contribution < -0.4 is 4.90 Å². The summed E-state index contributed by atoms with van der Waals surface area (Å²) in [6, 6.07) is 2.23. The van der Waals surface area contributed by atoms with Gasteiger partial charge in [0.1, 0.15) is 5.01 Å². The van der Waals surface area contributed by atoms with Gasteiger partial charge in [0.25, 0.3) is 0 Å². The molecule has 98 valence electrons. The highest BCUT2D eigenvalue weighted by molar-refractivity contribution is 7.23. The average molecular weight is 289 g/mol. The first-order chi connectivity index (χ1) is 9.06. The van der Waals surface area contributed by atoms with E-state index in [1.165, 1.54) is 20.0 Å². The van der Waals surface area contributed by atoms with E-state index in [1.807, 2.05) is 12.4 Å². The molecular weight excluding hydrogens is 274 g/mol. The zero-order valence-electron chi connectivity index (χ0n) is 11.4. The van der Waals surface area contributed by atoms with Crippen LogP contribution >= 0.6 is 22.7 Å². The number of fused-ring (bicyclic) bond motifs is 1. The molecule has 0 N–H and O–H groups in total. The van der Waals surface area contributed by atoms with E-state index in [1.54, 1.807) is 22.7 Å². The van der Waals surface area contributed by atoms with Crippen molar-refractivity contribution < 1.29 is 0 Å². The number of aryl methyl sites for hydroxylation is 2. The highest BCUT2D eigenvalue weighted by atomic mass is 32.1. The van der Waals surface area contributed by atoms with E-state index in [-0.39, 0.29) is 0 Å². The van der Waals surface area contributed by atoms with Gasteiger partial charge in [-0.2, -0.15) is 0 Å². The Hall–Kier alpha value is -1.46. The summed E-state index contributed by atoms with van der Waals surface area (Å²) in [5.41, 5.74) is 2.25. The molecular formula is C14H15N3S2. The fraction of sp³-hybridized carbons (Fsp3) is 0.286. The average Bonchev–Trinajstić information content (AvgIpc) is 2.93. The summed E-state index contributed by atoms with van der Waals surface area (Å²) in [5, 5.41) is 3.56. The molecule has 3 nitrogen and oxygen atoms in total. The van der Waals surface area contributed by atoms with Gasteiger partial charge in [0, 0.05) is 42.3 Å². The number of rotatable bonds is 2. The van der Waals surface area contributed by atoms with E-state index in [2.05, 4.69) is 48.9 Å². The summed E-state index contributed by atoms with van der Waals surface area (Å²) in [7, 11) is 4.13. The first kappa shape index (κ1) is 12.6. The molecule has 0 aromatic carbocycles. The van der Waals surface area contributed by atoms with Gasteiger partial charge in [-0.25, -0.2) is 4.98 Å². The third-order valence-electron chi connectivity index (χ3n) is 3.13. The molecule has 3 aromatic heterocycles. The van der Waals surface area contributed by atoms with Gasteiger partial charge >= 0.3 is 0 Å². The summed E-state index contributed by atoms with van der Waals surface area (Å²) in [6.07, 6.45) is 3.86. The van der Waals surface area contributed by atoms with Crippen molar-refractivity contribution in [1.82, 2.24) is 9.97 Å². The van der Waals surface area contributed by atoms with Crippen LogP contribution in [-0.4, -0.2) is 24.1 Å². The Kier molecular flexibility index (Phi) is 3.03. The lowest BCUT2D eigenvalue weighted by molar-refractivity contribution is 1.16. The lowest BCUT2D eigenvalue weighted by Gasteiger charge is -2.06. The zero-order chi connectivity index (χ0) is 13.6. The molecule has 0 saturated carbocycles. The molecule has 0 saturated heterocycles. The van der Waals surface area contributed by atoms with Gasteiger partial charge in [0.05, 0.1) is 15.4 Å². The number of aromatic nitrogens is 2. The van der Waals surface area contributed by atoms with Crippen molar-refractivity contribution in [3.05, 3.63) is 29.0 Å². The molecule has 3 aromatic rings. The third kappa shape index (κ3) is 2.13. The van der Waals surface area contributed by atoms with E-state index < -0.39 is 0 Å². The molecule has 3 heterocycles. The van der Waals surface area contributed by atoms with Crippen LogP contribution in [0.1, 0.15) is 10.6 Å². The van der Waals surface area contributed by atoms with Crippen LogP contribution in [0.25, 0.3) is 20.7 Å². The second-order valence-electron chi connectivity index (χ2n) is 4.74. The van der Waals surface area contributed by atoms with E-state index in [9.17, 15) is 0 Å². The number of hydrogen-bond donors (Lipinski definition) is 0. The molecule has 0 radical (unpaired) electrons. The van der Waals surface area contributed by atoms with E-state index in [0.717, 1.165) is 16.3 Å². The van der Waals surface area contributed by atoms with Crippen LogP contribution in [0, 0.1) is 13.8 Å². The van der Waals surface area contributed by atoms with Crippen LogP contribution in [0.2, 0.25) is 0 Å². The number of anilines is 1. The van der Waals surface area contributed by atoms with Gasteiger partial charge in [-0.3, -0.25) is 4.98 Å². The Bertz CT molecular complexity index is 721. The van der Waals surface area contributed by atoms with Gasteiger partial charge in [-0.15, -0.1) is 22.7 Å². The molecule has 0 unspecified atom stereocenters. The SMILES string of the molecule is Cc1nc(-c2cncc3sc(N(C)C)cc23)sc1C. The largest absolute Gasteiger partial charge is 0.370 e. The third-order valence-corrected chi connectivity index (χ3v) is 5.48. The summed E-state index contributed by atoms with van der Waals surface area (Å²) in [6.45, 7) is 4.17. The topological polar surface area (TPSA) is 29.0 Å². The summed E-state index contributed by atoms with van der Waals surface area (Å²) >= 11 is 3.51. The lowest BCUT2D eigenvalue weighted by atomic mass is 10.2. The minimum atomic E-state index is 1.07. The number of nitrogens with zero attached hydrogens (tertiary/aromatic N) is 3. The predicted octanol–water partition coefficient (Wildman–Crippen LogP) is 4.10. The quantitative estimate of drug-likeness (QED) is 0.711. The fourth-order valence-corrected chi connectivity index (χ4v) is 3.84. The maximum Gasteiger partial charge on any atom is 0.126 e. The second kappa shape index (κ2) is 4.58. The van der Waals surface area contributed by atoms with Crippen molar-refractivity contribution >= 4 is 37.8 Å². The Labute approximate surface area is 120 Å². The minimum Gasteiger partial charge on any atom is -0.370 e. The molecule has 0 aliphatic heterocycles. The maximum absolute atomic E-state index is 4.65. The zero-order valence-corrected chi connectivity index (χ0v) is 13.0. The van der Waals surface area contributed by atoms with E-state index in [0.29, 0.717) is 0 Å². The second-order valence-corrected chi connectivity index (χ2v) is 7.00. The Balaban J connectivity index is 2.23. The minimum absolute atomic E-state index is 1.07. The normalized spacial score (nSPS) is 11.2. The monoisotopic (exact) mass is 289 g/mol. The first-order valence-corrected chi connectivity index (χ1v) is 7.69. The molecule has 0 atom stereocenters. The Morgan fingerprint density at radius 1 is 1.11 bits per heavy atom. The smallest absolute Gasteiger partial charge is 0.126 e. The molecule has 0 amide bonds. The first-order valence-electron chi connectivity index (χ1n) is 6.05. The van der Waals surface area contributed by atoms with Gasteiger partial charge in [-0.05, 0) is 19.9 Å². The standard InChI is InChI=1S/C14H15N3S2/c1-8-9(2)18-14(16-8)11-6-15-7-12-10(11)5-13(19-12)17(3)4/h5-7H,1-4H3. The number of thiophene rings is 1. The van der Waals surface area contributed by atoms with Crippen molar-refractivity contribution in [1.29, 1.82) is 0 Å². The molecule has 5 heteroatoms.